The number of benzene rings is 1. The predicted octanol–water partition coefficient (Wildman–Crippen LogP) is 2.10. The molecule has 0 saturated carbocycles. The van der Waals surface area contributed by atoms with Gasteiger partial charge in [-0.1, -0.05) is 12.1 Å². The van der Waals surface area contributed by atoms with Crippen molar-refractivity contribution in [3.8, 4) is 5.75 Å². The van der Waals surface area contributed by atoms with E-state index in [4.69, 9.17) is 4.74 Å². The van der Waals surface area contributed by atoms with Gasteiger partial charge in [0.05, 0.1) is 12.7 Å². The molecule has 0 aliphatic carbocycles. The first kappa shape index (κ1) is 11.1. The van der Waals surface area contributed by atoms with Gasteiger partial charge in [0.2, 0.25) is 0 Å². The third kappa shape index (κ3) is 2.17. The van der Waals surface area contributed by atoms with Crippen LogP contribution in [0.15, 0.2) is 18.2 Å². The van der Waals surface area contributed by atoms with Crippen molar-refractivity contribution in [1.29, 1.82) is 0 Å². The molecule has 0 amide bonds. The fourth-order valence-corrected chi connectivity index (χ4v) is 2.91. The summed E-state index contributed by atoms with van der Waals surface area (Å²) in [5, 5.41) is 9.87. The molecule has 0 bridgehead atoms. The molecule has 1 atom stereocenters. The minimum atomic E-state index is 0.143. The third-order valence-corrected chi connectivity index (χ3v) is 3.83. The molecule has 2 aliphatic rings. The lowest BCUT2D eigenvalue weighted by Crippen LogP contribution is -2.30. The molecule has 92 valence electrons. The van der Waals surface area contributed by atoms with Gasteiger partial charge in [0.15, 0.2) is 0 Å². The number of hydrogen-bond donors (Lipinski definition) is 1. The molecular weight excluding hydrogens is 214 g/mol. The van der Waals surface area contributed by atoms with E-state index < -0.39 is 0 Å². The first-order chi connectivity index (χ1) is 8.34. The van der Waals surface area contributed by atoms with Crippen molar-refractivity contribution in [1.82, 2.24) is 4.90 Å². The van der Waals surface area contributed by atoms with Gasteiger partial charge in [0.1, 0.15) is 5.75 Å². The number of likely N-dealkylation sites (tertiary alicyclic amines) is 1. The van der Waals surface area contributed by atoms with Crippen molar-refractivity contribution in [2.75, 3.05) is 26.2 Å². The first-order valence-electron chi connectivity index (χ1n) is 6.49. The van der Waals surface area contributed by atoms with Crippen LogP contribution in [0.3, 0.4) is 0 Å². The summed E-state index contributed by atoms with van der Waals surface area (Å²) in [5.74, 6) is 0.428. The standard InChI is InChI=1S/C14H19NO2/c16-13-5-3-4-12-11(13)6-9-17-14(12)10-15-7-1-2-8-15/h3-5,14,16H,1-2,6-10H2. The molecule has 1 unspecified atom stereocenters. The highest BCUT2D eigenvalue weighted by molar-refractivity contribution is 5.41. The molecular formula is C14H19NO2. The van der Waals surface area contributed by atoms with E-state index >= 15 is 0 Å². The Labute approximate surface area is 102 Å². The summed E-state index contributed by atoms with van der Waals surface area (Å²) in [6.07, 6.45) is 3.58. The number of aromatic hydroxyl groups is 1. The molecule has 3 nitrogen and oxygen atoms in total. The molecule has 0 aromatic heterocycles. The topological polar surface area (TPSA) is 32.7 Å². The van der Waals surface area contributed by atoms with E-state index in [-0.39, 0.29) is 6.10 Å². The first-order valence-corrected chi connectivity index (χ1v) is 6.49. The van der Waals surface area contributed by atoms with Crippen LogP contribution >= 0.6 is 0 Å². The number of hydrogen-bond acceptors (Lipinski definition) is 3. The number of ether oxygens (including phenoxy) is 1. The lowest BCUT2D eigenvalue weighted by atomic mass is 9.96. The summed E-state index contributed by atoms with van der Waals surface area (Å²) >= 11 is 0. The Balaban J connectivity index is 1.81. The van der Waals surface area contributed by atoms with E-state index in [1.807, 2.05) is 6.07 Å². The van der Waals surface area contributed by atoms with E-state index in [0.717, 1.165) is 25.1 Å². The zero-order valence-electron chi connectivity index (χ0n) is 10.1. The van der Waals surface area contributed by atoms with Gasteiger partial charge in [0, 0.05) is 12.1 Å². The molecule has 1 saturated heterocycles. The Bertz CT molecular complexity index is 399. The molecule has 0 radical (unpaired) electrons. The second-order valence-electron chi connectivity index (χ2n) is 4.96. The van der Waals surface area contributed by atoms with Gasteiger partial charge in [-0.3, -0.25) is 0 Å². The molecule has 0 spiro atoms. The largest absolute Gasteiger partial charge is 0.508 e. The van der Waals surface area contributed by atoms with Crippen molar-refractivity contribution < 1.29 is 9.84 Å². The third-order valence-electron chi connectivity index (χ3n) is 3.83. The maximum absolute atomic E-state index is 9.87. The highest BCUT2D eigenvalue weighted by Crippen LogP contribution is 2.33. The maximum Gasteiger partial charge on any atom is 0.119 e. The Morgan fingerprint density at radius 3 is 2.94 bits per heavy atom. The van der Waals surface area contributed by atoms with Crippen molar-refractivity contribution in [3.05, 3.63) is 29.3 Å². The molecule has 2 heterocycles. The van der Waals surface area contributed by atoms with Crippen LogP contribution in [0, 0.1) is 0 Å². The van der Waals surface area contributed by atoms with Crippen LogP contribution in [0.2, 0.25) is 0 Å². The average molecular weight is 233 g/mol. The minimum absolute atomic E-state index is 0.143. The number of phenols is 1. The second-order valence-corrected chi connectivity index (χ2v) is 4.96. The normalized spacial score (nSPS) is 24.8. The summed E-state index contributed by atoms with van der Waals surface area (Å²) < 4.78 is 5.87. The molecule has 1 aromatic carbocycles. The van der Waals surface area contributed by atoms with E-state index in [1.54, 1.807) is 6.07 Å². The highest BCUT2D eigenvalue weighted by Gasteiger charge is 2.25. The molecule has 3 rings (SSSR count). The quantitative estimate of drug-likeness (QED) is 0.849. The monoisotopic (exact) mass is 233 g/mol. The van der Waals surface area contributed by atoms with Crippen LogP contribution < -0.4 is 0 Å². The van der Waals surface area contributed by atoms with Crippen molar-refractivity contribution in [2.45, 2.75) is 25.4 Å². The van der Waals surface area contributed by atoms with Gasteiger partial charge in [-0.2, -0.15) is 0 Å². The van der Waals surface area contributed by atoms with Crippen LogP contribution in [-0.2, 0) is 11.2 Å². The van der Waals surface area contributed by atoms with Gasteiger partial charge in [-0.05, 0) is 44.0 Å². The number of fused-ring (bicyclic) bond motifs is 1. The lowest BCUT2D eigenvalue weighted by Gasteiger charge is -2.29. The fraction of sp³-hybridized carbons (Fsp3) is 0.571. The predicted molar refractivity (Wildman–Crippen MR) is 66.2 cm³/mol. The summed E-state index contributed by atoms with van der Waals surface area (Å²) in [6, 6.07) is 5.78. The van der Waals surface area contributed by atoms with Crippen LogP contribution in [-0.4, -0.2) is 36.2 Å². The van der Waals surface area contributed by atoms with Crippen LogP contribution in [0.5, 0.6) is 5.75 Å². The van der Waals surface area contributed by atoms with E-state index in [2.05, 4.69) is 11.0 Å². The van der Waals surface area contributed by atoms with Gasteiger partial charge >= 0.3 is 0 Å². The van der Waals surface area contributed by atoms with E-state index in [1.165, 1.54) is 31.5 Å². The number of phenolic OH excluding ortho intramolecular Hbond substituents is 1. The second kappa shape index (κ2) is 4.67. The molecule has 1 aromatic rings. The maximum atomic E-state index is 9.87. The summed E-state index contributed by atoms with van der Waals surface area (Å²) in [5.41, 5.74) is 2.27. The van der Waals surface area contributed by atoms with Crippen LogP contribution in [0.25, 0.3) is 0 Å². The van der Waals surface area contributed by atoms with Crippen molar-refractivity contribution >= 4 is 0 Å². The van der Waals surface area contributed by atoms with Crippen LogP contribution in [0.1, 0.15) is 30.1 Å². The zero-order chi connectivity index (χ0) is 11.7. The van der Waals surface area contributed by atoms with E-state index in [9.17, 15) is 5.11 Å². The Hall–Kier alpha value is -1.06. The van der Waals surface area contributed by atoms with Gasteiger partial charge in [-0.25, -0.2) is 0 Å². The average Bonchev–Trinajstić information content (AvgIpc) is 2.83. The summed E-state index contributed by atoms with van der Waals surface area (Å²) in [6.45, 7) is 4.07. The Morgan fingerprint density at radius 2 is 2.12 bits per heavy atom. The van der Waals surface area contributed by atoms with Crippen molar-refractivity contribution in [2.24, 2.45) is 0 Å². The molecule has 2 aliphatic heterocycles. The van der Waals surface area contributed by atoms with Crippen LogP contribution in [0.4, 0.5) is 0 Å². The molecule has 3 heteroatoms. The van der Waals surface area contributed by atoms with Gasteiger partial charge in [-0.15, -0.1) is 0 Å². The minimum Gasteiger partial charge on any atom is -0.508 e. The summed E-state index contributed by atoms with van der Waals surface area (Å²) in [7, 11) is 0. The van der Waals surface area contributed by atoms with Gasteiger partial charge < -0.3 is 14.7 Å². The Kier molecular flexibility index (Phi) is 3.04. The van der Waals surface area contributed by atoms with Gasteiger partial charge in [0.25, 0.3) is 0 Å². The highest BCUT2D eigenvalue weighted by atomic mass is 16.5. The number of rotatable bonds is 2. The fourth-order valence-electron chi connectivity index (χ4n) is 2.91. The zero-order valence-corrected chi connectivity index (χ0v) is 10.1. The van der Waals surface area contributed by atoms with Crippen molar-refractivity contribution in [3.63, 3.8) is 0 Å². The van der Waals surface area contributed by atoms with E-state index in [0.29, 0.717) is 5.75 Å². The molecule has 1 N–H and O–H groups in total. The Morgan fingerprint density at radius 1 is 1.29 bits per heavy atom. The SMILES string of the molecule is Oc1cccc2c1CCOC2CN1CCCC1. The molecule has 1 fully saturated rings. The summed E-state index contributed by atoms with van der Waals surface area (Å²) in [4.78, 5) is 2.46. The lowest BCUT2D eigenvalue weighted by molar-refractivity contribution is 0.0200. The number of nitrogens with zero attached hydrogens (tertiary/aromatic N) is 1. The molecule has 17 heavy (non-hydrogen) atoms. The smallest absolute Gasteiger partial charge is 0.119 e.